The number of Topliss-reactive ketones (excluding diaryl/α,β-unsaturated/α-hetero) is 1. The van der Waals surface area contributed by atoms with Crippen LogP contribution in [-0.2, 0) is 21.9 Å². The second-order valence-corrected chi connectivity index (χ2v) is 4.84. The molecule has 0 aromatic heterocycles. The molecule has 0 bridgehead atoms. The Bertz CT molecular complexity index is 604. The van der Waals surface area contributed by atoms with Crippen LogP contribution >= 0.6 is 0 Å². The highest BCUT2D eigenvalue weighted by Crippen LogP contribution is 2.37. The van der Waals surface area contributed by atoms with Gasteiger partial charge in [0.05, 0.1) is 17.7 Å². The highest BCUT2D eigenvalue weighted by molar-refractivity contribution is 5.98. The van der Waals surface area contributed by atoms with Crippen LogP contribution in [0.15, 0.2) is 18.2 Å². The molecule has 1 rings (SSSR count). The molecule has 0 N–H and O–H groups in total. The van der Waals surface area contributed by atoms with Crippen LogP contribution in [0, 0.1) is 0 Å². The van der Waals surface area contributed by atoms with Gasteiger partial charge in [0.2, 0.25) is 0 Å². The molecular weight excluding hydrogens is 342 g/mol. The molecule has 0 radical (unpaired) electrons. The molecule has 0 amide bonds. The van der Waals surface area contributed by atoms with E-state index in [1.165, 1.54) is 0 Å². The number of benzene rings is 1. The first kappa shape index (κ1) is 20.0. The van der Waals surface area contributed by atoms with Crippen LogP contribution in [0.2, 0.25) is 0 Å². The smallest absolute Gasteiger partial charge is 0.417 e. The third kappa shape index (κ3) is 5.54. The monoisotopic (exact) mass is 356 g/mol. The van der Waals surface area contributed by atoms with Crippen LogP contribution in [-0.4, -0.2) is 18.4 Å². The number of halogens is 6. The molecule has 0 fully saturated rings. The van der Waals surface area contributed by atoms with E-state index >= 15 is 0 Å². The van der Waals surface area contributed by atoms with Gasteiger partial charge in [-0.05, 0) is 31.5 Å². The number of carbonyl (C=O) groups is 2. The van der Waals surface area contributed by atoms with Gasteiger partial charge in [0, 0.05) is 18.4 Å². The number of hydrogen-bond acceptors (Lipinski definition) is 3. The Kier molecular flexibility index (Phi) is 6.39. The Morgan fingerprint density at radius 3 is 2.12 bits per heavy atom. The van der Waals surface area contributed by atoms with E-state index < -0.39 is 47.2 Å². The molecule has 0 aliphatic rings. The van der Waals surface area contributed by atoms with Gasteiger partial charge in [0.15, 0.2) is 5.78 Å². The van der Waals surface area contributed by atoms with Crippen molar-refractivity contribution in [3.8, 4) is 0 Å². The van der Waals surface area contributed by atoms with E-state index in [2.05, 4.69) is 4.74 Å². The maximum Gasteiger partial charge on any atom is 0.417 e. The first-order chi connectivity index (χ1) is 11.0. The number of ketones is 1. The topological polar surface area (TPSA) is 43.4 Å². The first-order valence-electron chi connectivity index (χ1n) is 6.94. The first-order valence-corrected chi connectivity index (χ1v) is 6.94. The van der Waals surface area contributed by atoms with Crippen LogP contribution < -0.4 is 0 Å². The van der Waals surface area contributed by atoms with E-state index in [0.717, 1.165) is 0 Å². The van der Waals surface area contributed by atoms with Crippen LogP contribution in [0.3, 0.4) is 0 Å². The Labute approximate surface area is 133 Å². The molecular formula is C15H14F6O3. The number of rotatable bonds is 6. The summed E-state index contributed by atoms with van der Waals surface area (Å²) >= 11 is 0. The normalized spacial score (nSPS) is 12.1. The fourth-order valence-electron chi connectivity index (χ4n) is 1.96. The maximum atomic E-state index is 12.9. The molecule has 0 atom stereocenters. The third-order valence-corrected chi connectivity index (χ3v) is 3.04. The highest BCUT2D eigenvalue weighted by atomic mass is 19.4. The van der Waals surface area contributed by atoms with E-state index in [0.29, 0.717) is 0 Å². The molecule has 0 heterocycles. The van der Waals surface area contributed by atoms with E-state index in [-0.39, 0.29) is 37.6 Å². The summed E-state index contributed by atoms with van der Waals surface area (Å²) in [4.78, 5) is 23.0. The fraction of sp³-hybridized carbons (Fsp3) is 0.467. The average Bonchev–Trinajstić information content (AvgIpc) is 2.45. The van der Waals surface area contributed by atoms with Crippen molar-refractivity contribution in [2.75, 3.05) is 6.61 Å². The second-order valence-electron chi connectivity index (χ2n) is 4.84. The van der Waals surface area contributed by atoms with E-state index in [9.17, 15) is 35.9 Å². The van der Waals surface area contributed by atoms with Gasteiger partial charge in [-0.1, -0.05) is 0 Å². The summed E-state index contributed by atoms with van der Waals surface area (Å²) in [7, 11) is 0. The lowest BCUT2D eigenvalue weighted by molar-refractivity contribution is -0.143. The average molecular weight is 356 g/mol. The van der Waals surface area contributed by atoms with Gasteiger partial charge in [0.25, 0.3) is 0 Å². The molecule has 3 nitrogen and oxygen atoms in total. The van der Waals surface area contributed by atoms with Crippen molar-refractivity contribution in [1.82, 2.24) is 0 Å². The molecule has 0 aliphatic carbocycles. The summed E-state index contributed by atoms with van der Waals surface area (Å²) in [6, 6.07) is 0.704. The number of esters is 1. The van der Waals surface area contributed by atoms with Crippen LogP contribution in [0.25, 0.3) is 0 Å². The van der Waals surface area contributed by atoms with Crippen molar-refractivity contribution in [3.05, 3.63) is 34.9 Å². The van der Waals surface area contributed by atoms with Gasteiger partial charge in [-0.25, -0.2) is 0 Å². The molecule has 134 valence electrons. The molecule has 1 aromatic carbocycles. The minimum atomic E-state index is -4.96. The SMILES string of the molecule is CCOC(=O)CCCC(=O)c1cc(C(F)(F)F)ccc1C(F)(F)F. The molecule has 0 saturated heterocycles. The maximum absolute atomic E-state index is 12.9. The second kappa shape index (κ2) is 7.67. The van der Waals surface area contributed by atoms with Crippen molar-refractivity contribution in [2.24, 2.45) is 0 Å². The number of carbonyl (C=O) groups excluding carboxylic acids is 2. The van der Waals surface area contributed by atoms with Crippen molar-refractivity contribution in [2.45, 2.75) is 38.5 Å². The minimum Gasteiger partial charge on any atom is -0.466 e. The number of ether oxygens (including phenoxy) is 1. The van der Waals surface area contributed by atoms with Gasteiger partial charge in [-0.2, -0.15) is 26.3 Å². The van der Waals surface area contributed by atoms with Crippen molar-refractivity contribution in [3.63, 3.8) is 0 Å². The van der Waals surface area contributed by atoms with Gasteiger partial charge in [0.1, 0.15) is 0 Å². The molecule has 0 aliphatic heterocycles. The summed E-state index contributed by atoms with van der Waals surface area (Å²) in [6.07, 6.45) is -10.7. The van der Waals surface area contributed by atoms with Gasteiger partial charge >= 0.3 is 18.3 Å². The highest BCUT2D eigenvalue weighted by Gasteiger charge is 2.38. The lowest BCUT2D eigenvalue weighted by Gasteiger charge is -2.15. The molecule has 1 aromatic rings. The largest absolute Gasteiger partial charge is 0.466 e. The third-order valence-electron chi connectivity index (χ3n) is 3.04. The van der Waals surface area contributed by atoms with E-state index in [1.807, 2.05) is 0 Å². The fourth-order valence-corrected chi connectivity index (χ4v) is 1.96. The van der Waals surface area contributed by atoms with Gasteiger partial charge < -0.3 is 4.74 Å². The quantitative estimate of drug-likeness (QED) is 0.424. The van der Waals surface area contributed by atoms with E-state index in [4.69, 9.17) is 0 Å². The molecule has 0 unspecified atom stereocenters. The van der Waals surface area contributed by atoms with Crippen molar-refractivity contribution < 1.29 is 40.7 Å². The Morgan fingerprint density at radius 1 is 1.00 bits per heavy atom. The minimum absolute atomic E-state index is 0.110. The summed E-state index contributed by atoms with van der Waals surface area (Å²) in [5.41, 5.74) is -3.83. The Balaban J connectivity index is 3.01. The lowest BCUT2D eigenvalue weighted by atomic mass is 9.97. The van der Waals surface area contributed by atoms with Gasteiger partial charge in [-0.3, -0.25) is 9.59 Å². The molecule has 9 heteroatoms. The zero-order chi connectivity index (χ0) is 18.5. The summed E-state index contributed by atoms with van der Waals surface area (Å²) < 4.78 is 81.2. The zero-order valence-electron chi connectivity index (χ0n) is 12.6. The molecule has 0 spiro atoms. The lowest BCUT2D eigenvalue weighted by Crippen LogP contribution is -2.16. The Morgan fingerprint density at radius 2 is 1.62 bits per heavy atom. The van der Waals surface area contributed by atoms with E-state index in [1.54, 1.807) is 6.92 Å². The van der Waals surface area contributed by atoms with Crippen molar-refractivity contribution in [1.29, 1.82) is 0 Å². The zero-order valence-corrected chi connectivity index (χ0v) is 12.6. The predicted molar refractivity (Wildman–Crippen MR) is 71.3 cm³/mol. The van der Waals surface area contributed by atoms with Crippen LogP contribution in [0.5, 0.6) is 0 Å². The molecule has 24 heavy (non-hydrogen) atoms. The summed E-state index contributed by atoms with van der Waals surface area (Å²) in [6.45, 7) is 1.67. The van der Waals surface area contributed by atoms with Gasteiger partial charge in [-0.15, -0.1) is 0 Å². The predicted octanol–water partition coefficient (Wildman–Crippen LogP) is 4.64. The van der Waals surface area contributed by atoms with Crippen molar-refractivity contribution >= 4 is 11.8 Å². The van der Waals surface area contributed by atoms with Crippen LogP contribution in [0.4, 0.5) is 26.3 Å². The summed E-state index contributed by atoms with van der Waals surface area (Å²) in [5.74, 6) is -1.75. The Hall–Kier alpha value is -2.06. The number of alkyl halides is 6. The van der Waals surface area contributed by atoms with Crippen LogP contribution in [0.1, 0.15) is 47.7 Å². The number of hydrogen-bond donors (Lipinski definition) is 0. The standard InChI is InChI=1S/C15H14F6O3/c1-2-24-13(23)5-3-4-12(22)10-8-9(14(16,17)18)6-7-11(10)15(19,20)21/h6-8H,2-5H2,1H3. The summed E-state index contributed by atoms with van der Waals surface area (Å²) in [5, 5.41) is 0. The molecule has 0 saturated carbocycles.